The van der Waals surface area contributed by atoms with E-state index in [9.17, 15) is 4.39 Å². The second kappa shape index (κ2) is 6.53. The molecule has 2 fully saturated rings. The van der Waals surface area contributed by atoms with Gasteiger partial charge in [-0.25, -0.2) is 9.37 Å². The van der Waals surface area contributed by atoms with Gasteiger partial charge in [0.25, 0.3) is 5.88 Å². The summed E-state index contributed by atoms with van der Waals surface area (Å²) in [7, 11) is 0. The first kappa shape index (κ1) is 15.6. The van der Waals surface area contributed by atoms with Crippen molar-refractivity contribution in [3.63, 3.8) is 0 Å². The number of furan rings is 1. The van der Waals surface area contributed by atoms with E-state index in [1.807, 2.05) is 12.1 Å². The second-order valence-electron chi connectivity index (χ2n) is 6.62. The normalized spacial score (nSPS) is 27.6. The molecule has 128 valence electrons. The van der Waals surface area contributed by atoms with E-state index in [0.29, 0.717) is 6.61 Å². The number of likely N-dealkylation sites (tertiary alicyclic amines) is 1. The summed E-state index contributed by atoms with van der Waals surface area (Å²) < 4.78 is 31.0. The van der Waals surface area contributed by atoms with E-state index in [0.717, 1.165) is 44.7 Å². The largest absolute Gasteiger partial charge is 0.470 e. The molecule has 2 aliphatic heterocycles. The van der Waals surface area contributed by atoms with Gasteiger partial charge in [-0.2, -0.15) is 0 Å². The molecule has 0 amide bonds. The summed E-state index contributed by atoms with van der Waals surface area (Å²) >= 11 is 0. The summed E-state index contributed by atoms with van der Waals surface area (Å²) in [5, 5.41) is 0. The molecule has 0 N–H and O–H groups in total. The third-order valence-electron chi connectivity index (χ3n) is 4.76. The first-order valence-electron chi connectivity index (χ1n) is 8.38. The predicted octanol–water partition coefficient (Wildman–Crippen LogP) is 3.02. The Hall–Kier alpha value is -1.92. The number of hydrogen-bond acceptors (Lipinski definition) is 5. The number of hydrogen-bond donors (Lipinski definition) is 0. The van der Waals surface area contributed by atoms with Crippen molar-refractivity contribution in [3.05, 3.63) is 48.3 Å². The number of pyridine rings is 1. The molecule has 0 bridgehead atoms. The lowest BCUT2D eigenvalue weighted by Gasteiger charge is -2.39. The smallest absolute Gasteiger partial charge is 0.250 e. The zero-order valence-electron chi connectivity index (χ0n) is 13.5. The van der Waals surface area contributed by atoms with Crippen LogP contribution in [0.25, 0.3) is 0 Å². The van der Waals surface area contributed by atoms with Crippen LogP contribution in [0.1, 0.15) is 25.0 Å². The maximum absolute atomic E-state index is 13.7. The number of ether oxygens (including phenoxy) is 2. The van der Waals surface area contributed by atoms with Crippen molar-refractivity contribution in [1.29, 1.82) is 0 Å². The molecule has 0 aliphatic carbocycles. The quantitative estimate of drug-likeness (QED) is 0.861. The van der Waals surface area contributed by atoms with Crippen molar-refractivity contribution in [2.75, 3.05) is 19.7 Å². The van der Waals surface area contributed by atoms with Crippen molar-refractivity contribution in [1.82, 2.24) is 9.88 Å². The minimum Gasteiger partial charge on any atom is -0.470 e. The van der Waals surface area contributed by atoms with Gasteiger partial charge in [-0.3, -0.25) is 4.90 Å². The summed E-state index contributed by atoms with van der Waals surface area (Å²) in [4.78, 5) is 6.32. The number of piperidine rings is 1. The van der Waals surface area contributed by atoms with E-state index in [4.69, 9.17) is 13.9 Å². The predicted molar refractivity (Wildman–Crippen MR) is 85.1 cm³/mol. The first-order valence-corrected chi connectivity index (χ1v) is 8.38. The maximum Gasteiger partial charge on any atom is 0.250 e. The molecule has 2 aromatic rings. The van der Waals surface area contributed by atoms with Crippen molar-refractivity contribution >= 4 is 0 Å². The summed E-state index contributed by atoms with van der Waals surface area (Å²) in [6, 6.07) is 6.82. The second-order valence-corrected chi connectivity index (χ2v) is 6.62. The van der Waals surface area contributed by atoms with E-state index in [-0.39, 0.29) is 17.6 Å². The van der Waals surface area contributed by atoms with Crippen LogP contribution in [0.3, 0.4) is 0 Å². The Kier molecular flexibility index (Phi) is 4.24. The van der Waals surface area contributed by atoms with E-state index in [1.54, 1.807) is 12.3 Å². The van der Waals surface area contributed by atoms with Crippen LogP contribution in [0, 0.1) is 5.82 Å². The van der Waals surface area contributed by atoms with Gasteiger partial charge in [0.2, 0.25) is 0 Å². The molecule has 4 rings (SSSR count). The summed E-state index contributed by atoms with van der Waals surface area (Å²) in [6.07, 6.45) is 5.93. The molecule has 5 nitrogen and oxygen atoms in total. The molecule has 0 saturated carbocycles. The first-order chi connectivity index (χ1) is 11.7. The highest BCUT2D eigenvalue weighted by atomic mass is 19.1. The third kappa shape index (κ3) is 3.30. The Bertz CT molecular complexity index is 679. The zero-order chi connectivity index (χ0) is 16.4. The number of nitrogens with zero attached hydrogens (tertiary/aromatic N) is 2. The van der Waals surface area contributed by atoms with E-state index < -0.39 is 5.82 Å². The maximum atomic E-state index is 13.7. The molecule has 2 saturated heterocycles. The fourth-order valence-electron chi connectivity index (χ4n) is 3.73. The van der Waals surface area contributed by atoms with Gasteiger partial charge in [-0.15, -0.1) is 0 Å². The average Bonchev–Trinajstić information content (AvgIpc) is 3.21. The fourth-order valence-corrected chi connectivity index (χ4v) is 3.73. The van der Waals surface area contributed by atoms with Gasteiger partial charge in [-0.05, 0) is 43.7 Å². The lowest BCUT2D eigenvalue weighted by molar-refractivity contribution is -0.0550. The minimum atomic E-state index is -0.429. The molecule has 6 heteroatoms. The SMILES string of the molecule is Fc1cccnc1O[C@@H]1CO[C@]2(CCCN(Cc3ccco3)C2)C1. The standard InChI is InChI=1S/C18H21FN2O3/c19-16-5-1-7-20-17(16)24-15-10-18(23-12-15)6-3-8-21(13-18)11-14-4-2-9-22-14/h1-2,4-5,7,9,15H,3,6,8,10-13H2/t15-,18+/m0/s1. The lowest BCUT2D eigenvalue weighted by atomic mass is 9.89. The van der Waals surface area contributed by atoms with Gasteiger partial charge in [0.05, 0.1) is 25.0 Å². The molecule has 4 heterocycles. The van der Waals surface area contributed by atoms with Gasteiger partial charge in [-0.1, -0.05) is 0 Å². The number of rotatable bonds is 4. The van der Waals surface area contributed by atoms with E-state index in [2.05, 4.69) is 9.88 Å². The van der Waals surface area contributed by atoms with Gasteiger partial charge in [0, 0.05) is 19.2 Å². The lowest BCUT2D eigenvalue weighted by Crippen LogP contribution is -2.47. The van der Waals surface area contributed by atoms with Crippen LogP contribution in [0.5, 0.6) is 5.88 Å². The highest BCUT2D eigenvalue weighted by Gasteiger charge is 2.44. The highest BCUT2D eigenvalue weighted by Crippen LogP contribution is 2.36. The minimum absolute atomic E-state index is 0.0615. The van der Waals surface area contributed by atoms with Crippen molar-refractivity contribution in [2.45, 2.75) is 37.5 Å². The van der Waals surface area contributed by atoms with Crippen LogP contribution in [-0.2, 0) is 11.3 Å². The molecule has 2 atom stereocenters. The van der Waals surface area contributed by atoms with Crippen LogP contribution < -0.4 is 4.74 Å². The molecule has 0 aromatic carbocycles. The molecule has 0 radical (unpaired) electrons. The van der Waals surface area contributed by atoms with Gasteiger partial charge in [0.15, 0.2) is 5.82 Å². The third-order valence-corrected chi connectivity index (χ3v) is 4.76. The van der Waals surface area contributed by atoms with Crippen molar-refractivity contribution in [3.8, 4) is 5.88 Å². The van der Waals surface area contributed by atoms with E-state index in [1.165, 1.54) is 12.3 Å². The van der Waals surface area contributed by atoms with Crippen LogP contribution in [0.2, 0.25) is 0 Å². The number of aromatic nitrogens is 1. The van der Waals surface area contributed by atoms with Crippen molar-refractivity contribution in [2.24, 2.45) is 0 Å². The zero-order valence-corrected chi connectivity index (χ0v) is 13.5. The molecule has 2 aliphatic rings. The van der Waals surface area contributed by atoms with Crippen LogP contribution in [0.4, 0.5) is 4.39 Å². The Morgan fingerprint density at radius 3 is 3.17 bits per heavy atom. The molecule has 24 heavy (non-hydrogen) atoms. The monoisotopic (exact) mass is 332 g/mol. The molecule has 2 aromatic heterocycles. The van der Waals surface area contributed by atoms with Gasteiger partial charge in [0.1, 0.15) is 11.9 Å². The average molecular weight is 332 g/mol. The van der Waals surface area contributed by atoms with Crippen molar-refractivity contribution < 1.29 is 18.3 Å². The fraction of sp³-hybridized carbons (Fsp3) is 0.500. The van der Waals surface area contributed by atoms with Gasteiger partial charge >= 0.3 is 0 Å². The summed E-state index contributed by atoms with van der Waals surface area (Å²) in [5.41, 5.74) is -0.208. The van der Waals surface area contributed by atoms with Crippen LogP contribution >= 0.6 is 0 Å². The van der Waals surface area contributed by atoms with Gasteiger partial charge < -0.3 is 13.9 Å². The molecule has 1 spiro atoms. The Balaban J connectivity index is 1.38. The molecular formula is C18H21FN2O3. The number of halogens is 1. The Morgan fingerprint density at radius 2 is 2.33 bits per heavy atom. The topological polar surface area (TPSA) is 47.7 Å². The van der Waals surface area contributed by atoms with Crippen LogP contribution in [0.15, 0.2) is 41.1 Å². The molecule has 0 unspecified atom stereocenters. The Labute approximate surface area is 140 Å². The summed E-state index contributed by atoms with van der Waals surface area (Å²) in [5.74, 6) is 0.598. The van der Waals surface area contributed by atoms with E-state index >= 15 is 0 Å². The highest BCUT2D eigenvalue weighted by molar-refractivity contribution is 5.14. The summed E-state index contributed by atoms with van der Waals surface area (Å²) in [6.45, 7) is 3.15. The molecular weight excluding hydrogens is 311 g/mol. The Morgan fingerprint density at radius 1 is 1.38 bits per heavy atom. The van der Waals surface area contributed by atoms with Crippen LogP contribution in [-0.4, -0.2) is 41.3 Å².